The van der Waals surface area contributed by atoms with E-state index in [1.807, 2.05) is 12.2 Å². The lowest BCUT2D eigenvalue weighted by Gasteiger charge is -2.38. The maximum atomic E-state index is 9.10. The minimum atomic E-state index is -1.83. The van der Waals surface area contributed by atoms with Gasteiger partial charge in [0.1, 0.15) is 0 Å². The van der Waals surface area contributed by atoms with Crippen LogP contribution < -0.4 is 0 Å². The number of ether oxygens (including phenoxy) is 2. The van der Waals surface area contributed by atoms with Gasteiger partial charge in [0, 0.05) is 6.61 Å². The minimum absolute atomic E-state index is 0.0111. The van der Waals surface area contributed by atoms with Crippen LogP contribution in [0, 0.1) is 0 Å². The highest BCUT2D eigenvalue weighted by Crippen LogP contribution is 2.36. The Labute approximate surface area is 149 Å². The highest BCUT2D eigenvalue weighted by molar-refractivity contribution is 6.74. The molecule has 1 rings (SSSR count). The van der Waals surface area contributed by atoms with Gasteiger partial charge in [-0.05, 0) is 37.4 Å². The van der Waals surface area contributed by atoms with Crippen LogP contribution >= 0.6 is 0 Å². The Morgan fingerprint density at radius 1 is 1.38 bits per heavy atom. The maximum absolute atomic E-state index is 9.10. The molecule has 1 saturated heterocycles. The predicted molar refractivity (Wildman–Crippen MR) is 102 cm³/mol. The summed E-state index contributed by atoms with van der Waals surface area (Å²) in [6.45, 7) is 16.3. The summed E-state index contributed by atoms with van der Waals surface area (Å²) in [5, 5.41) is 9.27. The third kappa shape index (κ3) is 6.80. The van der Waals surface area contributed by atoms with Gasteiger partial charge in [-0.2, -0.15) is 0 Å². The normalized spacial score (nSPS) is 24.2. The van der Waals surface area contributed by atoms with E-state index in [0.717, 1.165) is 25.9 Å². The molecule has 0 amide bonds. The Kier molecular flexibility index (Phi) is 8.88. The lowest BCUT2D eigenvalue weighted by molar-refractivity contribution is -0.124. The Balaban J connectivity index is 2.70. The molecule has 1 aliphatic heterocycles. The van der Waals surface area contributed by atoms with Gasteiger partial charge in [-0.1, -0.05) is 39.0 Å². The molecule has 5 heteroatoms. The molecule has 1 fully saturated rings. The molecule has 0 spiro atoms. The third-order valence-corrected chi connectivity index (χ3v) is 9.50. The Hall–Kier alpha value is -0.463. The molecule has 0 unspecified atom stereocenters. The monoisotopic (exact) mass is 356 g/mol. The first-order valence-electron chi connectivity index (χ1n) is 9.00. The SMILES string of the molecule is C=CC[C@H]1OCCC[C@@H]1O[C@H](/C=C/CO)CO[Si](C)(C)C(C)(C)C. The molecule has 1 N–H and O–H groups in total. The van der Waals surface area contributed by atoms with Crippen molar-refractivity contribution < 1.29 is 19.0 Å². The molecule has 3 atom stereocenters. The van der Waals surface area contributed by atoms with Gasteiger partial charge >= 0.3 is 0 Å². The molecule has 0 aliphatic carbocycles. The van der Waals surface area contributed by atoms with Crippen molar-refractivity contribution in [2.24, 2.45) is 0 Å². The van der Waals surface area contributed by atoms with Crippen LogP contribution in [0.1, 0.15) is 40.0 Å². The van der Waals surface area contributed by atoms with Crippen molar-refractivity contribution in [2.45, 2.75) is 76.5 Å². The summed E-state index contributed by atoms with van der Waals surface area (Å²) >= 11 is 0. The van der Waals surface area contributed by atoms with Crippen molar-refractivity contribution in [1.82, 2.24) is 0 Å². The summed E-state index contributed by atoms with van der Waals surface area (Å²) in [6.07, 6.45) is 8.27. The zero-order chi connectivity index (χ0) is 18.2. The minimum Gasteiger partial charge on any atom is -0.414 e. The van der Waals surface area contributed by atoms with E-state index in [-0.39, 0.29) is 30.0 Å². The van der Waals surface area contributed by atoms with Crippen molar-refractivity contribution in [3.05, 3.63) is 24.8 Å². The standard InChI is InChI=1S/C19H36O4Si/c1-7-10-17-18(12-9-14-21-17)23-16(11-8-13-20)15-22-24(5,6)19(2,3)4/h7-8,11,16-18,20H,1,9-10,12-15H2,2-6H3/b11-8+/t16-,17-,18+/m1/s1. The van der Waals surface area contributed by atoms with Crippen molar-refractivity contribution in [3.63, 3.8) is 0 Å². The van der Waals surface area contributed by atoms with Gasteiger partial charge in [-0.25, -0.2) is 0 Å². The fourth-order valence-corrected chi connectivity index (χ4v) is 3.45. The van der Waals surface area contributed by atoms with E-state index in [1.165, 1.54) is 0 Å². The Bertz CT molecular complexity index is 401. The Morgan fingerprint density at radius 3 is 2.67 bits per heavy atom. The van der Waals surface area contributed by atoms with E-state index in [0.29, 0.717) is 6.61 Å². The van der Waals surface area contributed by atoms with E-state index < -0.39 is 8.32 Å². The third-order valence-electron chi connectivity index (χ3n) is 5.00. The summed E-state index contributed by atoms with van der Waals surface area (Å²) in [6, 6.07) is 0. The summed E-state index contributed by atoms with van der Waals surface area (Å²) in [5.41, 5.74) is 0. The number of aliphatic hydroxyl groups excluding tert-OH is 1. The molecule has 24 heavy (non-hydrogen) atoms. The van der Waals surface area contributed by atoms with Gasteiger partial charge in [0.25, 0.3) is 0 Å². The average molecular weight is 357 g/mol. The van der Waals surface area contributed by atoms with Crippen LogP contribution in [0.2, 0.25) is 18.1 Å². The number of hydrogen-bond donors (Lipinski definition) is 1. The van der Waals surface area contributed by atoms with Crippen LogP contribution in [-0.2, 0) is 13.9 Å². The van der Waals surface area contributed by atoms with Crippen LogP contribution in [-0.4, -0.2) is 51.6 Å². The van der Waals surface area contributed by atoms with Crippen LogP contribution in [0.15, 0.2) is 24.8 Å². The molecular formula is C19H36O4Si. The number of hydrogen-bond acceptors (Lipinski definition) is 4. The fourth-order valence-electron chi connectivity index (χ4n) is 2.44. The summed E-state index contributed by atoms with van der Waals surface area (Å²) in [4.78, 5) is 0. The van der Waals surface area contributed by atoms with Crippen LogP contribution in [0.3, 0.4) is 0 Å². The van der Waals surface area contributed by atoms with Gasteiger partial charge in [-0.3, -0.25) is 0 Å². The van der Waals surface area contributed by atoms with Crippen LogP contribution in [0.5, 0.6) is 0 Å². The molecule has 140 valence electrons. The van der Waals surface area contributed by atoms with Crippen LogP contribution in [0.4, 0.5) is 0 Å². The predicted octanol–water partition coefficient (Wildman–Crippen LogP) is 4.07. The van der Waals surface area contributed by atoms with Crippen molar-refractivity contribution >= 4 is 8.32 Å². The van der Waals surface area contributed by atoms with E-state index in [2.05, 4.69) is 40.4 Å². The van der Waals surface area contributed by atoms with Crippen molar-refractivity contribution in [2.75, 3.05) is 19.8 Å². The molecule has 0 bridgehead atoms. The quantitative estimate of drug-likeness (QED) is 0.500. The summed E-state index contributed by atoms with van der Waals surface area (Å²) in [7, 11) is -1.83. The van der Waals surface area contributed by atoms with Gasteiger partial charge in [-0.15, -0.1) is 6.58 Å². The van der Waals surface area contributed by atoms with E-state index >= 15 is 0 Å². The first-order chi connectivity index (χ1) is 11.2. The smallest absolute Gasteiger partial charge is 0.192 e. The summed E-state index contributed by atoms with van der Waals surface area (Å²) < 4.78 is 18.4. The largest absolute Gasteiger partial charge is 0.414 e. The highest BCUT2D eigenvalue weighted by Gasteiger charge is 2.38. The molecule has 0 aromatic heterocycles. The van der Waals surface area contributed by atoms with Gasteiger partial charge in [0.05, 0.1) is 31.5 Å². The van der Waals surface area contributed by atoms with E-state index in [9.17, 15) is 0 Å². The molecular weight excluding hydrogens is 320 g/mol. The lowest BCUT2D eigenvalue weighted by atomic mass is 10.0. The second-order valence-corrected chi connectivity index (χ2v) is 12.8. The molecule has 1 heterocycles. The van der Waals surface area contributed by atoms with Crippen LogP contribution in [0.25, 0.3) is 0 Å². The molecule has 1 aliphatic rings. The number of rotatable bonds is 9. The molecule has 0 radical (unpaired) electrons. The van der Waals surface area contributed by atoms with Gasteiger partial charge in [0.2, 0.25) is 0 Å². The molecule has 0 aromatic rings. The second-order valence-electron chi connectivity index (χ2n) is 7.97. The second kappa shape index (κ2) is 9.87. The maximum Gasteiger partial charge on any atom is 0.192 e. The van der Waals surface area contributed by atoms with Crippen molar-refractivity contribution in [1.29, 1.82) is 0 Å². The molecule has 0 aromatic carbocycles. The van der Waals surface area contributed by atoms with E-state index in [1.54, 1.807) is 6.08 Å². The molecule has 0 saturated carbocycles. The highest BCUT2D eigenvalue weighted by atomic mass is 28.4. The van der Waals surface area contributed by atoms with Gasteiger partial charge < -0.3 is 19.0 Å². The lowest BCUT2D eigenvalue weighted by Crippen LogP contribution is -2.44. The fraction of sp³-hybridized carbons (Fsp3) is 0.789. The summed E-state index contributed by atoms with van der Waals surface area (Å²) in [5.74, 6) is 0. The Morgan fingerprint density at radius 2 is 2.08 bits per heavy atom. The van der Waals surface area contributed by atoms with Gasteiger partial charge in [0.15, 0.2) is 8.32 Å². The topological polar surface area (TPSA) is 47.9 Å². The zero-order valence-corrected chi connectivity index (χ0v) is 17.1. The van der Waals surface area contributed by atoms with E-state index in [4.69, 9.17) is 19.0 Å². The first kappa shape index (κ1) is 21.6. The average Bonchev–Trinajstić information content (AvgIpc) is 2.51. The zero-order valence-electron chi connectivity index (χ0n) is 16.1. The van der Waals surface area contributed by atoms with Crippen molar-refractivity contribution in [3.8, 4) is 0 Å². The molecule has 4 nitrogen and oxygen atoms in total. The first-order valence-corrected chi connectivity index (χ1v) is 11.9. The number of aliphatic hydroxyl groups is 1.